The van der Waals surface area contributed by atoms with Gasteiger partial charge in [0.15, 0.2) is 0 Å². The average molecular weight is 244 g/mol. The Morgan fingerprint density at radius 2 is 2.00 bits per heavy atom. The Labute approximate surface area is 103 Å². The predicted octanol–water partition coefficient (Wildman–Crippen LogP) is 0.953. The maximum Gasteiger partial charge on any atom is 0.410 e. The Hall–Kier alpha value is -0.810. The molecule has 5 nitrogen and oxygen atoms in total. The number of carbonyl (C=O) groups excluding carboxylic acids is 1. The Kier molecular flexibility index (Phi) is 4.77. The van der Waals surface area contributed by atoms with Crippen molar-refractivity contribution in [2.24, 2.45) is 11.7 Å². The first-order valence-electron chi connectivity index (χ1n) is 6.18. The molecule has 0 radical (unpaired) electrons. The van der Waals surface area contributed by atoms with Crippen molar-refractivity contribution < 1.29 is 14.6 Å². The first-order valence-corrected chi connectivity index (χ1v) is 6.18. The molecule has 1 aliphatic heterocycles. The van der Waals surface area contributed by atoms with E-state index >= 15 is 0 Å². The number of amides is 1. The lowest BCUT2D eigenvalue weighted by atomic mass is 9.97. The van der Waals surface area contributed by atoms with Gasteiger partial charge < -0.3 is 20.5 Å². The molecule has 1 rings (SSSR count). The fourth-order valence-electron chi connectivity index (χ4n) is 1.92. The number of aliphatic hydroxyl groups excluding tert-OH is 1. The number of hydrogen-bond donors (Lipinski definition) is 2. The standard InChI is InChI=1S/C12H24N2O3/c1-12(2,3)17-11(16)14-6-4-9(8-15)10(13)5-7-14/h9-10,15H,4-8,13H2,1-3H3. The van der Waals surface area contributed by atoms with Crippen LogP contribution in [0.3, 0.4) is 0 Å². The molecule has 0 spiro atoms. The van der Waals surface area contributed by atoms with Crippen LogP contribution in [0, 0.1) is 5.92 Å². The summed E-state index contributed by atoms with van der Waals surface area (Å²) >= 11 is 0. The van der Waals surface area contributed by atoms with Crippen LogP contribution in [0.25, 0.3) is 0 Å². The lowest BCUT2D eigenvalue weighted by Gasteiger charge is -2.26. The van der Waals surface area contributed by atoms with E-state index in [-0.39, 0.29) is 24.7 Å². The molecule has 1 amide bonds. The average Bonchev–Trinajstić information content (AvgIpc) is 2.37. The van der Waals surface area contributed by atoms with E-state index in [0.717, 1.165) is 6.42 Å². The number of likely N-dealkylation sites (tertiary alicyclic amines) is 1. The minimum Gasteiger partial charge on any atom is -0.444 e. The lowest BCUT2D eigenvalue weighted by molar-refractivity contribution is 0.0253. The van der Waals surface area contributed by atoms with Gasteiger partial charge in [-0.25, -0.2) is 4.79 Å². The minimum absolute atomic E-state index is 0.0348. The molecule has 0 saturated carbocycles. The van der Waals surface area contributed by atoms with E-state index in [0.29, 0.717) is 19.5 Å². The van der Waals surface area contributed by atoms with Gasteiger partial charge in [0.1, 0.15) is 5.60 Å². The number of hydrogen-bond acceptors (Lipinski definition) is 4. The largest absolute Gasteiger partial charge is 0.444 e. The molecule has 0 aromatic heterocycles. The number of carbonyl (C=O) groups is 1. The van der Waals surface area contributed by atoms with Gasteiger partial charge in [0.05, 0.1) is 0 Å². The van der Waals surface area contributed by atoms with Gasteiger partial charge in [0.25, 0.3) is 0 Å². The van der Waals surface area contributed by atoms with Crippen LogP contribution in [0.4, 0.5) is 4.79 Å². The van der Waals surface area contributed by atoms with Gasteiger partial charge in [-0.15, -0.1) is 0 Å². The summed E-state index contributed by atoms with van der Waals surface area (Å²) in [5.74, 6) is 0.0856. The van der Waals surface area contributed by atoms with Gasteiger partial charge in [0, 0.05) is 25.7 Å². The van der Waals surface area contributed by atoms with Crippen LogP contribution in [0.1, 0.15) is 33.6 Å². The van der Waals surface area contributed by atoms with Crippen molar-refractivity contribution >= 4 is 6.09 Å². The van der Waals surface area contributed by atoms with Crippen LogP contribution in [0.15, 0.2) is 0 Å². The number of aliphatic hydroxyl groups is 1. The third kappa shape index (κ3) is 4.52. The van der Waals surface area contributed by atoms with Gasteiger partial charge in [-0.2, -0.15) is 0 Å². The van der Waals surface area contributed by atoms with E-state index in [4.69, 9.17) is 10.5 Å². The summed E-state index contributed by atoms with van der Waals surface area (Å²) in [5, 5.41) is 9.18. The summed E-state index contributed by atoms with van der Waals surface area (Å²) in [4.78, 5) is 13.5. The van der Waals surface area contributed by atoms with E-state index in [1.165, 1.54) is 0 Å². The number of ether oxygens (including phenoxy) is 1. The van der Waals surface area contributed by atoms with Gasteiger partial charge in [-0.1, -0.05) is 0 Å². The van der Waals surface area contributed by atoms with Gasteiger partial charge in [-0.05, 0) is 39.5 Å². The van der Waals surface area contributed by atoms with Crippen molar-refractivity contribution in [3.05, 3.63) is 0 Å². The van der Waals surface area contributed by atoms with Crippen molar-refractivity contribution in [3.8, 4) is 0 Å². The fraction of sp³-hybridized carbons (Fsp3) is 0.917. The van der Waals surface area contributed by atoms with Crippen LogP contribution in [0.2, 0.25) is 0 Å². The quantitative estimate of drug-likeness (QED) is 0.720. The topological polar surface area (TPSA) is 75.8 Å². The Balaban J connectivity index is 2.53. The van der Waals surface area contributed by atoms with Crippen molar-refractivity contribution in [1.82, 2.24) is 4.90 Å². The summed E-state index contributed by atoms with van der Waals surface area (Å²) in [6.45, 7) is 6.85. The highest BCUT2D eigenvalue weighted by Gasteiger charge is 2.28. The van der Waals surface area contributed by atoms with E-state index in [1.54, 1.807) is 4.90 Å². The molecule has 0 aromatic rings. The molecule has 0 aromatic carbocycles. The second kappa shape index (κ2) is 5.69. The highest BCUT2D eigenvalue weighted by molar-refractivity contribution is 5.68. The second-order valence-electron chi connectivity index (χ2n) is 5.65. The predicted molar refractivity (Wildman–Crippen MR) is 65.6 cm³/mol. The minimum atomic E-state index is -0.470. The molecule has 17 heavy (non-hydrogen) atoms. The van der Waals surface area contributed by atoms with Gasteiger partial charge >= 0.3 is 6.09 Å². The van der Waals surface area contributed by atoms with Crippen LogP contribution in [-0.4, -0.2) is 47.4 Å². The maximum absolute atomic E-state index is 11.9. The summed E-state index contributed by atoms with van der Waals surface area (Å²) < 4.78 is 5.32. The monoisotopic (exact) mass is 244 g/mol. The molecule has 1 heterocycles. The molecule has 1 aliphatic rings. The van der Waals surface area contributed by atoms with Crippen molar-refractivity contribution in [2.45, 2.75) is 45.3 Å². The number of nitrogens with zero attached hydrogens (tertiary/aromatic N) is 1. The third-order valence-electron chi connectivity index (χ3n) is 2.99. The molecular weight excluding hydrogens is 220 g/mol. The molecule has 0 aliphatic carbocycles. The normalized spacial score (nSPS) is 26.5. The maximum atomic E-state index is 11.9. The highest BCUT2D eigenvalue weighted by atomic mass is 16.6. The molecule has 2 unspecified atom stereocenters. The van der Waals surface area contributed by atoms with Crippen LogP contribution in [-0.2, 0) is 4.74 Å². The molecule has 1 fully saturated rings. The lowest BCUT2D eigenvalue weighted by Crippen LogP contribution is -2.37. The molecule has 0 bridgehead atoms. The van der Waals surface area contributed by atoms with E-state index in [1.807, 2.05) is 20.8 Å². The van der Waals surface area contributed by atoms with Crippen molar-refractivity contribution in [2.75, 3.05) is 19.7 Å². The molecule has 100 valence electrons. The first kappa shape index (κ1) is 14.3. The summed E-state index contributed by atoms with van der Waals surface area (Å²) in [7, 11) is 0. The Bertz CT molecular complexity index is 263. The zero-order chi connectivity index (χ0) is 13.1. The van der Waals surface area contributed by atoms with Gasteiger partial charge in [0.2, 0.25) is 0 Å². The molecule has 5 heteroatoms. The van der Waals surface area contributed by atoms with Crippen LogP contribution >= 0.6 is 0 Å². The highest BCUT2D eigenvalue weighted by Crippen LogP contribution is 2.18. The smallest absolute Gasteiger partial charge is 0.410 e. The summed E-state index contributed by atoms with van der Waals surface area (Å²) in [5.41, 5.74) is 5.47. The number of rotatable bonds is 1. The van der Waals surface area contributed by atoms with Crippen molar-refractivity contribution in [1.29, 1.82) is 0 Å². The van der Waals surface area contributed by atoms with Gasteiger partial charge in [-0.3, -0.25) is 0 Å². The molecule has 3 N–H and O–H groups in total. The third-order valence-corrected chi connectivity index (χ3v) is 2.99. The van der Waals surface area contributed by atoms with Crippen molar-refractivity contribution in [3.63, 3.8) is 0 Å². The molecular formula is C12H24N2O3. The van der Waals surface area contributed by atoms with Crippen LogP contribution < -0.4 is 5.73 Å². The van der Waals surface area contributed by atoms with E-state index in [9.17, 15) is 9.90 Å². The number of nitrogens with two attached hydrogens (primary N) is 1. The first-order chi connectivity index (χ1) is 7.83. The van der Waals surface area contributed by atoms with E-state index < -0.39 is 5.60 Å². The molecule has 1 saturated heterocycles. The zero-order valence-electron chi connectivity index (χ0n) is 11.0. The zero-order valence-corrected chi connectivity index (χ0v) is 11.0. The Morgan fingerprint density at radius 1 is 1.41 bits per heavy atom. The molecule has 2 atom stereocenters. The second-order valence-corrected chi connectivity index (χ2v) is 5.65. The summed E-state index contributed by atoms with van der Waals surface area (Å²) in [6.07, 6.45) is 1.16. The van der Waals surface area contributed by atoms with E-state index in [2.05, 4.69) is 0 Å². The SMILES string of the molecule is CC(C)(C)OC(=O)N1CCC(N)C(CO)CC1. The fourth-order valence-corrected chi connectivity index (χ4v) is 1.92. The summed E-state index contributed by atoms with van der Waals surface area (Å²) in [6, 6.07) is -0.0348. The Morgan fingerprint density at radius 3 is 2.53 bits per heavy atom. The van der Waals surface area contributed by atoms with Crippen LogP contribution in [0.5, 0.6) is 0 Å².